The number of esters is 1. The van der Waals surface area contributed by atoms with E-state index in [1.165, 1.54) is 0 Å². The highest BCUT2D eigenvalue weighted by atomic mass is 32.2. The second-order valence-electron chi connectivity index (χ2n) is 5.36. The summed E-state index contributed by atoms with van der Waals surface area (Å²) in [6.07, 6.45) is 4.78. The molecule has 20 heavy (non-hydrogen) atoms. The van der Waals surface area contributed by atoms with Crippen LogP contribution in [0.4, 0.5) is 0 Å². The number of rotatable bonds is 5. The van der Waals surface area contributed by atoms with Crippen molar-refractivity contribution in [3.63, 3.8) is 0 Å². The molecule has 1 aliphatic rings. The topological polar surface area (TPSA) is 43.4 Å². The quantitative estimate of drug-likeness (QED) is 0.783. The average Bonchev–Trinajstić information content (AvgIpc) is 2.49. The highest BCUT2D eigenvalue weighted by Crippen LogP contribution is 2.39. The van der Waals surface area contributed by atoms with Crippen molar-refractivity contribution in [2.45, 2.75) is 43.9 Å². The number of carbonyl (C=O) groups excluding carboxylic acids is 1. The van der Waals surface area contributed by atoms with Crippen LogP contribution in [-0.2, 0) is 20.3 Å². The first-order chi connectivity index (χ1) is 9.68. The van der Waals surface area contributed by atoms with Crippen LogP contribution in [0.2, 0.25) is 0 Å². The van der Waals surface area contributed by atoms with Gasteiger partial charge in [0.2, 0.25) is 0 Å². The Morgan fingerprint density at radius 2 is 1.85 bits per heavy atom. The van der Waals surface area contributed by atoms with Crippen LogP contribution in [0, 0.1) is 5.41 Å². The predicted molar refractivity (Wildman–Crippen MR) is 79.9 cm³/mol. The van der Waals surface area contributed by atoms with Gasteiger partial charge in [0.25, 0.3) is 0 Å². The maximum Gasteiger partial charge on any atom is 0.313 e. The molecule has 0 saturated heterocycles. The third-order valence-electron chi connectivity index (χ3n) is 3.93. The zero-order valence-electron chi connectivity index (χ0n) is 12.0. The highest BCUT2D eigenvalue weighted by molar-refractivity contribution is 7.85. The molecule has 0 radical (unpaired) electrons. The minimum Gasteiger partial charge on any atom is -0.466 e. The van der Waals surface area contributed by atoms with Gasteiger partial charge in [0.15, 0.2) is 0 Å². The van der Waals surface area contributed by atoms with Crippen molar-refractivity contribution in [3.8, 4) is 0 Å². The van der Waals surface area contributed by atoms with Crippen molar-refractivity contribution < 1.29 is 13.7 Å². The molecule has 1 aromatic carbocycles. The Labute approximate surface area is 123 Å². The fourth-order valence-corrected chi connectivity index (χ4v) is 4.36. The molecular formula is C16H22O3S. The molecule has 0 aliphatic heterocycles. The summed E-state index contributed by atoms with van der Waals surface area (Å²) in [5.41, 5.74) is -0.547. The predicted octanol–water partition coefficient (Wildman–Crippen LogP) is 3.31. The molecule has 110 valence electrons. The summed E-state index contributed by atoms with van der Waals surface area (Å²) in [5, 5.41) is 0. The number of hydrogen-bond acceptors (Lipinski definition) is 3. The first-order valence-corrected chi connectivity index (χ1v) is 8.60. The van der Waals surface area contributed by atoms with Gasteiger partial charge in [0, 0.05) is 10.6 Å². The third kappa shape index (κ3) is 3.48. The van der Waals surface area contributed by atoms with Crippen LogP contribution in [0.25, 0.3) is 0 Å². The Balaban J connectivity index is 2.15. The van der Waals surface area contributed by atoms with Gasteiger partial charge in [0.1, 0.15) is 0 Å². The van der Waals surface area contributed by atoms with Crippen LogP contribution in [0.5, 0.6) is 0 Å². The summed E-state index contributed by atoms with van der Waals surface area (Å²) in [7, 11) is -1.15. The first-order valence-electron chi connectivity index (χ1n) is 7.28. The zero-order chi connectivity index (χ0) is 14.4. The molecule has 1 unspecified atom stereocenters. The van der Waals surface area contributed by atoms with E-state index in [0.717, 1.165) is 37.0 Å². The Kier molecular flexibility index (Phi) is 5.35. The lowest BCUT2D eigenvalue weighted by Gasteiger charge is -2.34. The molecule has 2 rings (SSSR count). The second-order valence-corrected chi connectivity index (χ2v) is 6.82. The van der Waals surface area contributed by atoms with Crippen molar-refractivity contribution in [2.24, 2.45) is 5.41 Å². The first kappa shape index (κ1) is 15.2. The molecule has 3 nitrogen and oxygen atoms in total. The smallest absolute Gasteiger partial charge is 0.313 e. The molecule has 0 heterocycles. The lowest BCUT2D eigenvalue weighted by atomic mass is 9.75. The van der Waals surface area contributed by atoms with Crippen molar-refractivity contribution >= 4 is 16.8 Å². The SMILES string of the molecule is CCOC(=O)C1(CS(=O)c2ccccc2)CCCCC1. The van der Waals surface area contributed by atoms with Crippen molar-refractivity contribution in [2.75, 3.05) is 12.4 Å². The standard InChI is InChI=1S/C16H22O3S/c1-2-19-15(17)16(11-7-4-8-12-16)13-20(18)14-9-5-3-6-10-14/h3,5-6,9-10H,2,4,7-8,11-13H2,1H3. The van der Waals surface area contributed by atoms with E-state index in [0.29, 0.717) is 12.4 Å². The van der Waals surface area contributed by atoms with E-state index in [-0.39, 0.29) is 5.97 Å². The molecule has 1 atom stereocenters. The van der Waals surface area contributed by atoms with Gasteiger partial charge in [-0.2, -0.15) is 0 Å². The summed E-state index contributed by atoms with van der Waals surface area (Å²) < 4.78 is 17.8. The third-order valence-corrected chi connectivity index (χ3v) is 5.55. The minimum absolute atomic E-state index is 0.163. The van der Waals surface area contributed by atoms with Crippen LogP contribution in [0.15, 0.2) is 35.2 Å². The van der Waals surface area contributed by atoms with Crippen molar-refractivity contribution in [1.29, 1.82) is 0 Å². The van der Waals surface area contributed by atoms with Crippen LogP contribution in [-0.4, -0.2) is 22.5 Å². The van der Waals surface area contributed by atoms with Gasteiger partial charge in [-0.25, -0.2) is 0 Å². The Morgan fingerprint density at radius 1 is 1.20 bits per heavy atom. The molecule has 0 amide bonds. The molecule has 1 aromatic rings. The largest absolute Gasteiger partial charge is 0.466 e. The molecule has 0 spiro atoms. The molecule has 1 aliphatic carbocycles. The molecule has 1 saturated carbocycles. The molecule has 4 heteroatoms. The molecule has 0 bridgehead atoms. The number of hydrogen-bond donors (Lipinski definition) is 0. The zero-order valence-corrected chi connectivity index (χ0v) is 12.8. The summed E-state index contributed by atoms with van der Waals surface area (Å²) in [5.74, 6) is 0.222. The fraction of sp³-hybridized carbons (Fsp3) is 0.562. The Bertz CT molecular complexity index is 464. The lowest BCUT2D eigenvalue weighted by Crippen LogP contribution is -2.40. The van der Waals surface area contributed by atoms with Crippen molar-refractivity contribution in [1.82, 2.24) is 0 Å². The normalized spacial score (nSPS) is 19.2. The van der Waals surface area contributed by atoms with E-state index in [2.05, 4.69) is 0 Å². The van der Waals surface area contributed by atoms with Crippen LogP contribution in [0.3, 0.4) is 0 Å². The van der Waals surface area contributed by atoms with Gasteiger partial charge in [-0.3, -0.25) is 9.00 Å². The lowest BCUT2D eigenvalue weighted by molar-refractivity contribution is -0.156. The van der Waals surface area contributed by atoms with Gasteiger partial charge >= 0.3 is 5.97 Å². The summed E-state index contributed by atoms with van der Waals surface area (Å²) in [6.45, 7) is 2.21. The van der Waals surface area contributed by atoms with E-state index in [1.54, 1.807) is 0 Å². The molecular weight excluding hydrogens is 272 g/mol. The number of carbonyl (C=O) groups is 1. The molecule has 0 aromatic heterocycles. The molecule has 1 fully saturated rings. The Morgan fingerprint density at radius 3 is 2.45 bits per heavy atom. The van der Waals surface area contributed by atoms with E-state index < -0.39 is 16.2 Å². The maximum absolute atomic E-state index is 12.5. The van der Waals surface area contributed by atoms with Gasteiger partial charge in [0.05, 0.1) is 22.8 Å². The Hall–Kier alpha value is -1.16. The van der Waals surface area contributed by atoms with Gasteiger partial charge in [-0.1, -0.05) is 37.5 Å². The summed E-state index contributed by atoms with van der Waals surface area (Å²) in [4.78, 5) is 13.1. The van der Waals surface area contributed by atoms with Crippen LogP contribution < -0.4 is 0 Å². The summed E-state index contributed by atoms with van der Waals surface area (Å²) in [6, 6.07) is 9.38. The van der Waals surface area contributed by atoms with Gasteiger partial charge in [-0.15, -0.1) is 0 Å². The van der Waals surface area contributed by atoms with Crippen LogP contribution >= 0.6 is 0 Å². The van der Waals surface area contributed by atoms with Crippen LogP contribution in [0.1, 0.15) is 39.0 Å². The van der Waals surface area contributed by atoms with Gasteiger partial charge < -0.3 is 4.74 Å². The maximum atomic E-state index is 12.5. The van der Waals surface area contributed by atoms with E-state index >= 15 is 0 Å². The molecule has 0 N–H and O–H groups in total. The fourth-order valence-electron chi connectivity index (χ4n) is 2.83. The van der Waals surface area contributed by atoms with Gasteiger partial charge in [-0.05, 0) is 31.9 Å². The highest BCUT2D eigenvalue weighted by Gasteiger charge is 2.42. The van der Waals surface area contributed by atoms with E-state index in [1.807, 2.05) is 37.3 Å². The monoisotopic (exact) mass is 294 g/mol. The second kappa shape index (κ2) is 7.02. The van der Waals surface area contributed by atoms with Crippen molar-refractivity contribution in [3.05, 3.63) is 30.3 Å². The average molecular weight is 294 g/mol. The van der Waals surface area contributed by atoms with E-state index in [9.17, 15) is 9.00 Å². The summed E-state index contributed by atoms with van der Waals surface area (Å²) >= 11 is 0. The van der Waals surface area contributed by atoms with E-state index in [4.69, 9.17) is 4.74 Å². The number of ether oxygens (including phenoxy) is 1. The minimum atomic E-state index is -1.15. The number of benzene rings is 1.